The van der Waals surface area contributed by atoms with Gasteiger partial charge >= 0.3 is 0 Å². The molecule has 0 amide bonds. The van der Waals surface area contributed by atoms with Gasteiger partial charge in [0, 0.05) is 30.9 Å². The van der Waals surface area contributed by atoms with Crippen LogP contribution >= 0.6 is 0 Å². The third-order valence-electron chi connectivity index (χ3n) is 2.74. The molecule has 0 saturated carbocycles. The highest BCUT2D eigenvalue weighted by Gasteiger charge is 2.05. The molecule has 1 heterocycles. The molecule has 0 atom stereocenters. The summed E-state index contributed by atoms with van der Waals surface area (Å²) in [6, 6.07) is 4.49. The van der Waals surface area contributed by atoms with E-state index >= 15 is 0 Å². The Hall–Kier alpha value is -2.04. The molecule has 19 heavy (non-hydrogen) atoms. The van der Waals surface area contributed by atoms with Crippen molar-refractivity contribution in [1.82, 2.24) is 9.78 Å². The van der Waals surface area contributed by atoms with Crippen molar-refractivity contribution in [3.63, 3.8) is 0 Å². The minimum absolute atomic E-state index is 0.298. The Morgan fingerprint density at radius 1 is 1.37 bits per heavy atom. The first-order valence-corrected chi connectivity index (χ1v) is 6.40. The fraction of sp³-hybridized carbons (Fsp3) is 0.357. The van der Waals surface area contributed by atoms with Gasteiger partial charge in [0.1, 0.15) is 11.6 Å². The molecule has 102 valence electrons. The van der Waals surface area contributed by atoms with Crippen molar-refractivity contribution in [3.05, 3.63) is 42.0 Å². The van der Waals surface area contributed by atoms with Gasteiger partial charge in [-0.2, -0.15) is 5.10 Å². The van der Waals surface area contributed by atoms with Gasteiger partial charge in [-0.15, -0.1) is 0 Å². The van der Waals surface area contributed by atoms with Crippen LogP contribution in [0.4, 0.5) is 10.1 Å². The molecule has 0 aliphatic carbocycles. The van der Waals surface area contributed by atoms with Crippen LogP contribution in [0.5, 0.6) is 5.75 Å². The van der Waals surface area contributed by atoms with E-state index in [1.807, 2.05) is 30.9 Å². The molecule has 2 rings (SSSR count). The van der Waals surface area contributed by atoms with Crippen LogP contribution in [0.3, 0.4) is 0 Å². The summed E-state index contributed by atoms with van der Waals surface area (Å²) >= 11 is 0. The van der Waals surface area contributed by atoms with Gasteiger partial charge in [-0.05, 0) is 26.0 Å². The van der Waals surface area contributed by atoms with E-state index in [4.69, 9.17) is 4.74 Å². The summed E-state index contributed by atoms with van der Waals surface area (Å²) < 4.78 is 20.4. The van der Waals surface area contributed by atoms with Crippen molar-refractivity contribution in [2.75, 3.05) is 11.9 Å². The largest absolute Gasteiger partial charge is 0.492 e. The quantitative estimate of drug-likeness (QED) is 0.870. The summed E-state index contributed by atoms with van der Waals surface area (Å²) in [6.45, 7) is 5.90. The van der Waals surface area contributed by atoms with Gasteiger partial charge in [0.05, 0.1) is 18.5 Å². The molecule has 0 radical (unpaired) electrons. The standard InChI is InChI=1S/C14H18FN3O/c1-3-18-10-11(9-17-18)8-16-13-6-5-12(15)7-14(13)19-4-2/h5-7,9-10,16H,3-4,8H2,1-2H3. The number of aryl methyl sites for hydroxylation is 1. The highest BCUT2D eigenvalue weighted by atomic mass is 19.1. The van der Waals surface area contributed by atoms with E-state index in [0.717, 1.165) is 17.8 Å². The summed E-state index contributed by atoms with van der Waals surface area (Å²) in [6.07, 6.45) is 3.80. The third-order valence-corrected chi connectivity index (χ3v) is 2.74. The number of ether oxygens (including phenoxy) is 1. The Bertz CT molecular complexity index is 539. The Morgan fingerprint density at radius 2 is 2.21 bits per heavy atom. The lowest BCUT2D eigenvalue weighted by Gasteiger charge is -2.11. The molecule has 0 saturated heterocycles. The van der Waals surface area contributed by atoms with Crippen LogP contribution in [0.15, 0.2) is 30.6 Å². The van der Waals surface area contributed by atoms with Crippen molar-refractivity contribution >= 4 is 5.69 Å². The Balaban J connectivity index is 2.05. The number of rotatable bonds is 6. The predicted octanol–water partition coefficient (Wildman–Crippen LogP) is 3.05. The first kappa shape index (κ1) is 13.4. The molecule has 0 aliphatic heterocycles. The maximum Gasteiger partial charge on any atom is 0.145 e. The zero-order valence-corrected chi connectivity index (χ0v) is 11.2. The Labute approximate surface area is 112 Å². The molecule has 5 heteroatoms. The van der Waals surface area contributed by atoms with Crippen molar-refractivity contribution in [2.24, 2.45) is 0 Å². The van der Waals surface area contributed by atoms with Crippen molar-refractivity contribution < 1.29 is 9.13 Å². The molecule has 0 unspecified atom stereocenters. The lowest BCUT2D eigenvalue weighted by molar-refractivity contribution is 0.340. The van der Waals surface area contributed by atoms with Gasteiger partial charge in [-0.25, -0.2) is 4.39 Å². The van der Waals surface area contributed by atoms with Gasteiger partial charge < -0.3 is 10.1 Å². The fourth-order valence-corrected chi connectivity index (χ4v) is 1.79. The number of hydrogen-bond acceptors (Lipinski definition) is 3. The molecule has 0 aliphatic rings. The van der Waals surface area contributed by atoms with Gasteiger partial charge in [0.2, 0.25) is 0 Å². The summed E-state index contributed by atoms with van der Waals surface area (Å²) in [4.78, 5) is 0. The zero-order valence-electron chi connectivity index (χ0n) is 11.2. The molecular formula is C14H18FN3O. The summed E-state index contributed by atoms with van der Waals surface area (Å²) in [5.41, 5.74) is 1.86. The summed E-state index contributed by atoms with van der Waals surface area (Å²) in [5.74, 6) is 0.234. The van der Waals surface area contributed by atoms with Gasteiger partial charge in [0.15, 0.2) is 0 Å². The molecule has 2 aromatic rings. The molecule has 1 aromatic carbocycles. The maximum atomic E-state index is 13.2. The Kier molecular flexibility index (Phi) is 4.39. The highest BCUT2D eigenvalue weighted by molar-refractivity contribution is 5.56. The summed E-state index contributed by atoms with van der Waals surface area (Å²) in [7, 11) is 0. The van der Waals surface area contributed by atoms with E-state index in [1.54, 1.807) is 6.07 Å². The highest BCUT2D eigenvalue weighted by Crippen LogP contribution is 2.25. The summed E-state index contributed by atoms with van der Waals surface area (Å²) in [5, 5.41) is 7.44. The van der Waals surface area contributed by atoms with Crippen LogP contribution < -0.4 is 10.1 Å². The molecule has 0 spiro atoms. The van der Waals surface area contributed by atoms with Crippen LogP contribution in [-0.4, -0.2) is 16.4 Å². The second-order valence-electron chi connectivity index (χ2n) is 4.13. The van der Waals surface area contributed by atoms with E-state index in [1.165, 1.54) is 12.1 Å². The average Bonchev–Trinajstić information content (AvgIpc) is 2.86. The smallest absolute Gasteiger partial charge is 0.145 e. The van der Waals surface area contributed by atoms with Crippen molar-refractivity contribution in [3.8, 4) is 5.75 Å². The van der Waals surface area contributed by atoms with Gasteiger partial charge in [0.25, 0.3) is 0 Å². The van der Waals surface area contributed by atoms with Gasteiger partial charge in [-0.3, -0.25) is 4.68 Å². The van der Waals surface area contributed by atoms with E-state index in [2.05, 4.69) is 10.4 Å². The first-order chi connectivity index (χ1) is 9.22. The number of aromatic nitrogens is 2. The van der Waals surface area contributed by atoms with Crippen molar-refractivity contribution in [1.29, 1.82) is 0 Å². The van der Waals surface area contributed by atoms with Crippen LogP contribution in [0, 0.1) is 5.82 Å². The molecular weight excluding hydrogens is 245 g/mol. The zero-order chi connectivity index (χ0) is 13.7. The molecule has 4 nitrogen and oxygen atoms in total. The molecule has 0 fully saturated rings. The minimum Gasteiger partial charge on any atom is -0.492 e. The SMILES string of the molecule is CCOc1cc(F)ccc1NCc1cnn(CC)c1. The number of halogens is 1. The monoisotopic (exact) mass is 263 g/mol. The molecule has 1 aromatic heterocycles. The second-order valence-corrected chi connectivity index (χ2v) is 4.13. The fourth-order valence-electron chi connectivity index (χ4n) is 1.79. The Morgan fingerprint density at radius 3 is 2.89 bits per heavy atom. The van der Waals surface area contributed by atoms with Gasteiger partial charge in [-0.1, -0.05) is 0 Å². The maximum absolute atomic E-state index is 13.2. The van der Waals surface area contributed by atoms with Crippen LogP contribution in [-0.2, 0) is 13.1 Å². The normalized spacial score (nSPS) is 10.5. The van der Waals surface area contributed by atoms with Crippen LogP contribution in [0.1, 0.15) is 19.4 Å². The predicted molar refractivity (Wildman–Crippen MR) is 72.8 cm³/mol. The van der Waals surface area contributed by atoms with Crippen LogP contribution in [0.25, 0.3) is 0 Å². The molecule has 0 bridgehead atoms. The van der Waals surface area contributed by atoms with Crippen molar-refractivity contribution in [2.45, 2.75) is 26.9 Å². The number of nitrogens with zero attached hydrogens (tertiary/aromatic N) is 2. The number of nitrogens with one attached hydrogen (secondary N) is 1. The van der Waals surface area contributed by atoms with E-state index in [9.17, 15) is 4.39 Å². The third kappa shape index (κ3) is 3.47. The topological polar surface area (TPSA) is 39.1 Å². The van der Waals surface area contributed by atoms with E-state index < -0.39 is 0 Å². The van der Waals surface area contributed by atoms with E-state index in [0.29, 0.717) is 18.9 Å². The van der Waals surface area contributed by atoms with Crippen LogP contribution in [0.2, 0.25) is 0 Å². The van der Waals surface area contributed by atoms with E-state index in [-0.39, 0.29) is 5.82 Å². The minimum atomic E-state index is -0.298. The average molecular weight is 263 g/mol. The number of benzene rings is 1. The molecule has 1 N–H and O–H groups in total. The second kappa shape index (κ2) is 6.22. The number of hydrogen-bond donors (Lipinski definition) is 1. The first-order valence-electron chi connectivity index (χ1n) is 6.40. The number of anilines is 1. The lowest BCUT2D eigenvalue weighted by Crippen LogP contribution is -2.02. The lowest BCUT2D eigenvalue weighted by atomic mass is 10.2.